The lowest BCUT2D eigenvalue weighted by atomic mass is 10.2. The molecule has 2 rings (SSSR count). The van der Waals surface area contributed by atoms with Crippen molar-refractivity contribution in [2.45, 2.75) is 23.8 Å². The van der Waals surface area contributed by atoms with Crippen molar-refractivity contribution in [1.82, 2.24) is 5.32 Å². The number of benzene rings is 1. The first-order valence-corrected chi connectivity index (χ1v) is 8.77. The Labute approximate surface area is 140 Å². The Morgan fingerprint density at radius 2 is 2.17 bits per heavy atom. The molecule has 1 amide bonds. The van der Waals surface area contributed by atoms with Crippen LogP contribution in [-0.2, 0) is 19.1 Å². The third-order valence-corrected chi connectivity index (χ3v) is 4.17. The Morgan fingerprint density at radius 3 is 2.83 bits per heavy atom. The number of esters is 1. The molecule has 1 heterocycles. The van der Waals surface area contributed by atoms with Crippen LogP contribution in [0.25, 0.3) is 6.08 Å². The molecule has 0 radical (unpaired) electrons. The average Bonchev–Trinajstić information content (AvgIpc) is 3.10. The summed E-state index contributed by atoms with van der Waals surface area (Å²) in [6.45, 7) is 0.938. The van der Waals surface area contributed by atoms with Gasteiger partial charge >= 0.3 is 5.97 Å². The second kappa shape index (κ2) is 9.37. The zero-order valence-corrected chi connectivity index (χ0v) is 13.9. The van der Waals surface area contributed by atoms with E-state index in [2.05, 4.69) is 5.32 Å². The van der Waals surface area contributed by atoms with Crippen molar-refractivity contribution in [3.8, 4) is 0 Å². The molecule has 1 saturated heterocycles. The number of carbonyl (C=O) groups is 2. The maximum atomic E-state index is 11.6. The van der Waals surface area contributed by atoms with Crippen molar-refractivity contribution in [2.24, 2.45) is 0 Å². The Bertz CT molecular complexity index is 550. The SMILES string of the molecule is CSc1ccc(/C=C/C(=O)OCC(=O)NC[C@H]2CCCO2)cc1. The molecular formula is C17H21NO4S. The van der Waals surface area contributed by atoms with Crippen LogP contribution in [0, 0.1) is 0 Å². The van der Waals surface area contributed by atoms with Crippen LogP contribution in [0.1, 0.15) is 18.4 Å². The molecule has 124 valence electrons. The van der Waals surface area contributed by atoms with Crippen LogP contribution in [0.2, 0.25) is 0 Å². The molecule has 0 aromatic heterocycles. The summed E-state index contributed by atoms with van der Waals surface area (Å²) in [6.07, 6.45) is 7.06. The highest BCUT2D eigenvalue weighted by Crippen LogP contribution is 2.15. The number of hydrogen-bond donors (Lipinski definition) is 1. The van der Waals surface area contributed by atoms with Gasteiger partial charge in [-0.05, 0) is 42.9 Å². The van der Waals surface area contributed by atoms with E-state index in [-0.39, 0.29) is 18.6 Å². The fourth-order valence-corrected chi connectivity index (χ4v) is 2.56. The van der Waals surface area contributed by atoms with Crippen LogP contribution in [0.3, 0.4) is 0 Å². The molecule has 0 spiro atoms. The lowest BCUT2D eigenvalue weighted by Crippen LogP contribution is -2.34. The van der Waals surface area contributed by atoms with Gasteiger partial charge in [-0.15, -0.1) is 11.8 Å². The molecule has 0 saturated carbocycles. The molecular weight excluding hydrogens is 314 g/mol. The summed E-state index contributed by atoms with van der Waals surface area (Å²) < 4.78 is 10.3. The van der Waals surface area contributed by atoms with E-state index in [1.807, 2.05) is 30.5 Å². The van der Waals surface area contributed by atoms with Gasteiger partial charge in [-0.2, -0.15) is 0 Å². The van der Waals surface area contributed by atoms with Crippen LogP contribution in [-0.4, -0.2) is 44.0 Å². The number of carbonyl (C=O) groups excluding carboxylic acids is 2. The van der Waals surface area contributed by atoms with Crippen molar-refractivity contribution >= 4 is 29.7 Å². The normalized spacial score (nSPS) is 17.3. The molecule has 1 aliphatic heterocycles. The quantitative estimate of drug-likeness (QED) is 0.470. The Kier molecular flexibility index (Phi) is 7.16. The first-order valence-electron chi connectivity index (χ1n) is 7.54. The van der Waals surface area contributed by atoms with Crippen LogP contribution in [0.4, 0.5) is 0 Å². The standard InChI is InChI=1S/C17H21NO4S/c1-23-15-7-4-13(5-8-15)6-9-17(20)22-12-16(19)18-11-14-3-2-10-21-14/h4-9,14H,2-3,10-12H2,1H3,(H,18,19)/b9-6+/t14-/m1/s1. The van der Waals surface area contributed by atoms with Crippen LogP contribution in [0.5, 0.6) is 0 Å². The topological polar surface area (TPSA) is 64.6 Å². The number of amides is 1. The van der Waals surface area contributed by atoms with Crippen molar-refractivity contribution in [2.75, 3.05) is 26.0 Å². The van der Waals surface area contributed by atoms with Crippen LogP contribution in [0.15, 0.2) is 35.2 Å². The van der Waals surface area contributed by atoms with Gasteiger partial charge in [0, 0.05) is 24.1 Å². The minimum absolute atomic E-state index is 0.0822. The summed E-state index contributed by atoms with van der Waals surface area (Å²) in [5.41, 5.74) is 0.905. The van der Waals surface area contributed by atoms with Gasteiger partial charge in [0.1, 0.15) is 0 Å². The van der Waals surface area contributed by atoms with Gasteiger partial charge in [0.05, 0.1) is 6.10 Å². The van der Waals surface area contributed by atoms with Gasteiger partial charge in [0.2, 0.25) is 0 Å². The summed E-state index contributed by atoms with van der Waals surface area (Å²) in [5.74, 6) is -0.849. The van der Waals surface area contributed by atoms with E-state index in [4.69, 9.17) is 9.47 Å². The largest absolute Gasteiger partial charge is 0.452 e. The van der Waals surface area contributed by atoms with E-state index in [0.717, 1.165) is 29.9 Å². The van der Waals surface area contributed by atoms with E-state index in [1.165, 1.54) is 6.08 Å². The van der Waals surface area contributed by atoms with E-state index in [1.54, 1.807) is 17.8 Å². The molecule has 1 N–H and O–H groups in total. The number of rotatable bonds is 7. The second-order valence-corrected chi connectivity index (χ2v) is 6.03. The maximum Gasteiger partial charge on any atom is 0.331 e. The highest BCUT2D eigenvalue weighted by atomic mass is 32.2. The van der Waals surface area contributed by atoms with Crippen molar-refractivity contribution < 1.29 is 19.1 Å². The van der Waals surface area contributed by atoms with Gasteiger partial charge < -0.3 is 14.8 Å². The van der Waals surface area contributed by atoms with Crippen LogP contribution < -0.4 is 5.32 Å². The Hall–Kier alpha value is -1.79. The average molecular weight is 335 g/mol. The molecule has 1 fully saturated rings. The monoisotopic (exact) mass is 335 g/mol. The molecule has 1 aromatic rings. The summed E-state index contributed by atoms with van der Waals surface area (Å²) in [4.78, 5) is 24.3. The number of hydrogen-bond acceptors (Lipinski definition) is 5. The third-order valence-electron chi connectivity index (χ3n) is 3.42. The fraction of sp³-hybridized carbons (Fsp3) is 0.412. The first-order chi connectivity index (χ1) is 11.2. The van der Waals surface area contributed by atoms with Crippen LogP contribution >= 0.6 is 11.8 Å². The van der Waals surface area contributed by atoms with Gasteiger partial charge in [0.15, 0.2) is 6.61 Å². The molecule has 0 aliphatic carbocycles. The zero-order chi connectivity index (χ0) is 16.5. The summed E-state index contributed by atoms with van der Waals surface area (Å²) >= 11 is 1.66. The highest BCUT2D eigenvalue weighted by Gasteiger charge is 2.16. The molecule has 5 nitrogen and oxygen atoms in total. The smallest absolute Gasteiger partial charge is 0.331 e. The predicted octanol–water partition coefficient (Wildman–Crippen LogP) is 2.26. The minimum Gasteiger partial charge on any atom is -0.452 e. The van der Waals surface area contributed by atoms with E-state index in [9.17, 15) is 9.59 Å². The summed E-state index contributed by atoms with van der Waals surface area (Å²) in [7, 11) is 0. The number of ether oxygens (including phenoxy) is 2. The first kappa shape index (κ1) is 17.6. The van der Waals surface area contributed by atoms with Gasteiger partial charge in [-0.1, -0.05) is 12.1 Å². The molecule has 23 heavy (non-hydrogen) atoms. The van der Waals surface area contributed by atoms with Crippen molar-refractivity contribution in [1.29, 1.82) is 0 Å². The number of nitrogens with one attached hydrogen (secondary N) is 1. The summed E-state index contributed by atoms with van der Waals surface area (Å²) in [6, 6.07) is 7.80. The molecule has 1 aromatic carbocycles. The minimum atomic E-state index is -0.536. The maximum absolute atomic E-state index is 11.6. The third kappa shape index (κ3) is 6.46. The molecule has 6 heteroatoms. The van der Waals surface area contributed by atoms with E-state index >= 15 is 0 Å². The zero-order valence-electron chi connectivity index (χ0n) is 13.1. The second-order valence-electron chi connectivity index (χ2n) is 5.15. The van der Waals surface area contributed by atoms with Crippen molar-refractivity contribution in [3.63, 3.8) is 0 Å². The van der Waals surface area contributed by atoms with Gasteiger partial charge in [-0.25, -0.2) is 4.79 Å². The van der Waals surface area contributed by atoms with Gasteiger partial charge in [-0.3, -0.25) is 4.79 Å². The molecule has 1 aliphatic rings. The van der Waals surface area contributed by atoms with Gasteiger partial charge in [0.25, 0.3) is 5.91 Å². The predicted molar refractivity (Wildman–Crippen MR) is 90.2 cm³/mol. The molecule has 0 bridgehead atoms. The van der Waals surface area contributed by atoms with E-state index in [0.29, 0.717) is 6.54 Å². The Morgan fingerprint density at radius 1 is 1.39 bits per heavy atom. The van der Waals surface area contributed by atoms with E-state index < -0.39 is 5.97 Å². The van der Waals surface area contributed by atoms with Crippen molar-refractivity contribution in [3.05, 3.63) is 35.9 Å². The molecule has 1 atom stereocenters. The Balaban J connectivity index is 1.66. The lowest BCUT2D eigenvalue weighted by molar-refractivity contribution is -0.143. The highest BCUT2D eigenvalue weighted by molar-refractivity contribution is 7.98. The fourth-order valence-electron chi connectivity index (χ4n) is 2.15. The lowest BCUT2D eigenvalue weighted by Gasteiger charge is -2.10. The summed E-state index contributed by atoms with van der Waals surface area (Å²) in [5, 5.41) is 2.70. The molecule has 0 unspecified atom stereocenters. The number of thioether (sulfide) groups is 1.